The van der Waals surface area contributed by atoms with Crippen molar-refractivity contribution in [2.75, 3.05) is 0 Å². The van der Waals surface area contributed by atoms with Crippen molar-refractivity contribution in [2.24, 2.45) is 0 Å². The van der Waals surface area contributed by atoms with Gasteiger partial charge in [-0.2, -0.15) is 0 Å². The number of rotatable bonds is 4. The maximum atomic E-state index is 5.19. The van der Waals surface area contributed by atoms with Crippen LogP contribution >= 0.6 is 11.3 Å². The third-order valence-corrected chi connectivity index (χ3v) is 8.36. The van der Waals surface area contributed by atoms with E-state index in [1.807, 2.05) is 48.5 Å². The van der Waals surface area contributed by atoms with Gasteiger partial charge in [-0.25, -0.2) is 19.9 Å². The molecule has 0 aliphatic carbocycles. The minimum Gasteiger partial charge on any atom is -0.244 e. The number of thiophene rings is 1. The van der Waals surface area contributed by atoms with Gasteiger partial charge in [0.25, 0.3) is 0 Å². The number of hydrogen-bond donors (Lipinski definition) is 0. The highest BCUT2D eigenvalue weighted by Gasteiger charge is 2.18. The van der Waals surface area contributed by atoms with Crippen LogP contribution in [0.25, 0.3) is 76.5 Å². The lowest BCUT2D eigenvalue weighted by molar-refractivity contribution is 1.24. The Balaban J connectivity index is 1.35. The van der Waals surface area contributed by atoms with Crippen molar-refractivity contribution in [2.45, 2.75) is 0 Å². The van der Waals surface area contributed by atoms with E-state index in [1.54, 1.807) is 11.3 Å². The first-order valence-corrected chi connectivity index (χ1v) is 14.3. The normalized spacial score (nSPS) is 11.4. The quantitative estimate of drug-likeness (QED) is 0.222. The van der Waals surface area contributed by atoms with Gasteiger partial charge in [0.1, 0.15) is 4.83 Å². The summed E-state index contributed by atoms with van der Waals surface area (Å²) in [6.45, 7) is 0. The van der Waals surface area contributed by atoms with Crippen molar-refractivity contribution in [3.05, 3.63) is 133 Å². The summed E-state index contributed by atoms with van der Waals surface area (Å²) >= 11 is 1.71. The molecule has 3 heterocycles. The highest BCUT2D eigenvalue weighted by Crippen LogP contribution is 2.40. The Labute approximate surface area is 240 Å². The van der Waals surface area contributed by atoms with Gasteiger partial charge in [0, 0.05) is 37.7 Å². The molecule has 8 rings (SSSR count). The van der Waals surface area contributed by atoms with Gasteiger partial charge in [0.05, 0.1) is 28.1 Å². The molecule has 5 aromatic carbocycles. The van der Waals surface area contributed by atoms with E-state index in [2.05, 4.69) is 84.9 Å². The molecular weight excluding hydrogens is 520 g/mol. The topological polar surface area (TPSA) is 51.6 Å². The molecular formula is C36H22N4S. The first-order valence-electron chi connectivity index (χ1n) is 13.5. The highest BCUT2D eigenvalue weighted by molar-refractivity contribution is 7.25. The van der Waals surface area contributed by atoms with Crippen LogP contribution < -0.4 is 0 Å². The summed E-state index contributed by atoms with van der Waals surface area (Å²) in [4.78, 5) is 21.4. The lowest BCUT2D eigenvalue weighted by Crippen LogP contribution is -1.97. The fraction of sp³-hybridized carbons (Fsp3) is 0. The SMILES string of the molecule is c1ccc(-c2nc3ccccc3nc2-c2cccc(-c3nc(-c4ccccc4)c4c(n3)sc3ccccc34)c2)cc1. The van der Waals surface area contributed by atoms with Crippen LogP contribution in [0.5, 0.6) is 0 Å². The highest BCUT2D eigenvalue weighted by atomic mass is 32.1. The molecule has 0 spiro atoms. The number of nitrogens with zero attached hydrogens (tertiary/aromatic N) is 4. The number of hydrogen-bond acceptors (Lipinski definition) is 5. The molecule has 192 valence electrons. The van der Waals surface area contributed by atoms with Crippen molar-refractivity contribution in [1.82, 2.24) is 19.9 Å². The Hall–Kier alpha value is -5.26. The van der Waals surface area contributed by atoms with Crippen LogP contribution in [0.2, 0.25) is 0 Å². The molecule has 4 nitrogen and oxygen atoms in total. The van der Waals surface area contributed by atoms with Crippen LogP contribution in [0.1, 0.15) is 0 Å². The first kappa shape index (κ1) is 23.6. The van der Waals surface area contributed by atoms with Crippen LogP contribution in [0.4, 0.5) is 0 Å². The Kier molecular flexibility index (Phi) is 5.61. The van der Waals surface area contributed by atoms with Crippen LogP contribution in [0.15, 0.2) is 133 Å². The van der Waals surface area contributed by atoms with Crippen molar-refractivity contribution in [1.29, 1.82) is 0 Å². The second-order valence-corrected chi connectivity index (χ2v) is 10.9. The summed E-state index contributed by atoms with van der Waals surface area (Å²) in [6, 6.07) is 45.5. The molecule has 0 unspecified atom stereocenters. The van der Waals surface area contributed by atoms with Crippen molar-refractivity contribution in [3.8, 4) is 45.2 Å². The molecule has 41 heavy (non-hydrogen) atoms. The number of benzene rings is 5. The molecule has 3 aromatic heterocycles. The third-order valence-electron chi connectivity index (χ3n) is 7.30. The Morgan fingerprint density at radius 2 is 0.976 bits per heavy atom. The van der Waals surface area contributed by atoms with Gasteiger partial charge < -0.3 is 0 Å². The third kappa shape index (κ3) is 4.15. The van der Waals surface area contributed by atoms with Gasteiger partial charge in [-0.05, 0) is 24.3 Å². The van der Waals surface area contributed by atoms with Crippen molar-refractivity contribution in [3.63, 3.8) is 0 Å². The van der Waals surface area contributed by atoms with E-state index in [4.69, 9.17) is 19.9 Å². The minimum atomic E-state index is 0.694. The molecule has 8 aromatic rings. The average molecular weight is 543 g/mol. The first-order chi connectivity index (χ1) is 20.3. The largest absolute Gasteiger partial charge is 0.244 e. The van der Waals surface area contributed by atoms with Gasteiger partial charge in [-0.1, -0.05) is 109 Å². The van der Waals surface area contributed by atoms with Gasteiger partial charge in [0.15, 0.2) is 5.82 Å². The van der Waals surface area contributed by atoms with Crippen molar-refractivity contribution >= 4 is 42.7 Å². The summed E-state index contributed by atoms with van der Waals surface area (Å²) < 4.78 is 1.21. The van der Waals surface area contributed by atoms with Crippen LogP contribution in [0, 0.1) is 0 Å². The molecule has 0 amide bonds. The summed E-state index contributed by atoms with van der Waals surface area (Å²) in [7, 11) is 0. The van der Waals surface area contributed by atoms with E-state index in [9.17, 15) is 0 Å². The van der Waals surface area contributed by atoms with Crippen molar-refractivity contribution < 1.29 is 0 Å². The zero-order valence-corrected chi connectivity index (χ0v) is 22.7. The second kappa shape index (κ2) is 9.73. The predicted octanol–water partition coefficient (Wildman–Crippen LogP) is 9.46. The lowest BCUT2D eigenvalue weighted by atomic mass is 10.0. The summed E-state index contributed by atoms with van der Waals surface area (Å²) in [5.41, 5.74) is 8.39. The molecule has 0 aliphatic rings. The molecule has 0 radical (unpaired) electrons. The zero-order valence-electron chi connectivity index (χ0n) is 21.9. The summed E-state index contributed by atoms with van der Waals surface area (Å²) in [5.74, 6) is 0.694. The maximum absolute atomic E-state index is 5.19. The predicted molar refractivity (Wildman–Crippen MR) is 170 cm³/mol. The van der Waals surface area contributed by atoms with Crippen LogP contribution in [0.3, 0.4) is 0 Å². The molecule has 0 saturated heterocycles. The minimum absolute atomic E-state index is 0.694. The fourth-order valence-electron chi connectivity index (χ4n) is 5.36. The van der Waals surface area contributed by atoms with E-state index < -0.39 is 0 Å². The lowest BCUT2D eigenvalue weighted by Gasteiger charge is -2.12. The monoisotopic (exact) mass is 542 g/mol. The van der Waals surface area contributed by atoms with Gasteiger partial charge in [-0.3, -0.25) is 0 Å². The fourth-order valence-corrected chi connectivity index (χ4v) is 6.44. The molecule has 0 aliphatic heterocycles. The van der Waals surface area contributed by atoms with Crippen LogP contribution in [-0.2, 0) is 0 Å². The van der Waals surface area contributed by atoms with Gasteiger partial charge in [-0.15, -0.1) is 11.3 Å². The summed E-state index contributed by atoms with van der Waals surface area (Å²) in [5, 5.41) is 2.29. The smallest absolute Gasteiger partial charge is 0.161 e. The second-order valence-electron chi connectivity index (χ2n) is 9.90. The number of fused-ring (bicyclic) bond motifs is 4. The number of para-hydroxylation sites is 2. The van der Waals surface area contributed by atoms with Crippen LogP contribution in [-0.4, -0.2) is 19.9 Å². The molecule has 0 saturated carbocycles. The van der Waals surface area contributed by atoms with Gasteiger partial charge >= 0.3 is 0 Å². The van der Waals surface area contributed by atoms with Gasteiger partial charge in [0.2, 0.25) is 0 Å². The maximum Gasteiger partial charge on any atom is 0.161 e. The van der Waals surface area contributed by atoms with E-state index >= 15 is 0 Å². The summed E-state index contributed by atoms with van der Waals surface area (Å²) in [6.07, 6.45) is 0. The van der Waals surface area contributed by atoms with E-state index in [1.165, 1.54) is 10.1 Å². The van der Waals surface area contributed by atoms with E-state index in [0.717, 1.165) is 60.6 Å². The molecule has 5 heteroatoms. The standard InChI is InChI=1S/C36H22N4S/c1-3-12-23(13-4-1)32-31-27-18-7-10-21-30(27)41-36(31)40-35(39-32)26-17-11-16-25(22-26)34-33(24-14-5-2-6-15-24)37-28-19-8-9-20-29(28)38-34/h1-22H. The van der Waals surface area contributed by atoms with E-state index in [0.29, 0.717) is 5.82 Å². The molecule has 0 N–H and O–H groups in total. The molecule has 0 atom stereocenters. The Bertz CT molecular complexity index is 2210. The molecule has 0 bridgehead atoms. The van der Waals surface area contributed by atoms with E-state index in [-0.39, 0.29) is 0 Å². The average Bonchev–Trinajstić information content (AvgIpc) is 3.43. The molecule has 0 fully saturated rings. The Morgan fingerprint density at radius 1 is 0.415 bits per heavy atom. The Morgan fingerprint density at radius 3 is 1.71 bits per heavy atom. The number of aromatic nitrogens is 4. The zero-order chi connectivity index (χ0) is 27.2.